The van der Waals surface area contributed by atoms with Crippen LogP contribution in [-0.2, 0) is 0 Å². The number of amides is 4. The number of hydrogen-bond acceptors (Lipinski definition) is 5. The maximum absolute atomic E-state index is 14.6. The van der Waals surface area contributed by atoms with Crippen LogP contribution in [0.5, 0.6) is 0 Å². The Kier molecular flexibility index (Phi) is 7.88. The molecule has 2 aliphatic heterocycles. The Balaban J connectivity index is 1.48. The SMILES string of the molecule is CC(C)C(C(C)C)N1C(=O)c2ccc3c4ccc5c6c(cc(C#Cc7ccc(N)cc7)c(c7ccc(c2c37)C1=O)c64)C(=O)N(C(C(C)C)C(C)C)C5=O. The summed E-state index contributed by atoms with van der Waals surface area (Å²) >= 11 is 0. The minimum absolute atomic E-state index is 0.0475. The van der Waals surface area contributed by atoms with Crippen molar-refractivity contribution in [1.29, 1.82) is 0 Å². The first kappa shape index (κ1) is 34.4. The summed E-state index contributed by atoms with van der Waals surface area (Å²) < 4.78 is 0. The molecule has 0 saturated heterocycles. The van der Waals surface area contributed by atoms with Gasteiger partial charge in [-0.15, -0.1) is 0 Å². The molecule has 7 nitrogen and oxygen atoms in total. The van der Waals surface area contributed by atoms with E-state index in [9.17, 15) is 19.2 Å². The second kappa shape index (κ2) is 12.2. The van der Waals surface area contributed by atoms with Crippen molar-refractivity contribution < 1.29 is 19.2 Å². The van der Waals surface area contributed by atoms with Gasteiger partial charge >= 0.3 is 0 Å². The van der Waals surface area contributed by atoms with E-state index in [0.717, 1.165) is 37.9 Å². The number of nitrogens with two attached hydrogens (primary N) is 1. The Hall–Kier alpha value is -5.74. The summed E-state index contributed by atoms with van der Waals surface area (Å²) in [5.74, 6) is 5.72. The number of rotatable bonds is 6. The molecular weight excluding hydrogens is 659 g/mol. The standard InChI is InChI=1S/C46H43N3O4/c1-22(2)41(23(3)4)48-43(50)32-18-15-29-30-16-19-34-39-35(46(53)49(45(34)52)42(24(5)6)25(7)8)21-27(12-9-26-10-13-28(47)14-11-26)36(40(30)39)31-17-20-33(44(48)51)38(32)37(29)31/h10-11,13-25,41-42H,47H2,1-8H3. The van der Waals surface area contributed by atoms with E-state index in [2.05, 4.69) is 11.8 Å². The van der Waals surface area contributed by atoms with Gasteiger partial charge < -0.3 is 5.73 Å². The quantitative estimate of drug-likeness (QED) is 0.0614. The number of hydrogen-bond donors (Lipinski definition) is 1. The van der Waals surface area contributed by atoms with Gasteiger partial charge in [0.05, 0.1) is 0 Å². The second-order valence-electron chi connectivity index (χ2n) is 16.1. The van der Waals surface area contributed by atoms with Gasteiger partial charge in [0.25, 0.3) is 23.6 Å². The second-order valence-corrected chi connectivity index (χ2v) is 16.1. The number of imide groups is 2. The van der Waals surface area contributed by atoms with Crippen LogP contribution in [0.2, 0.25) is 0 Å². The van der Waals surface area contributed by atoms with Gasteiger partial charge in [0.1, 0.15) is 0 Å². The van der Waals surface area contributed by atoms with E-state index in [1.807, 2.05) is 110 Å². The molecule has 6 aromatic rings. The number of nitrogen functional groups attached to an aromatic ring is 1. The Morgan fingerprint density at radius 1 is 0.453 bits per heavy atom. The maximum Gasteiger partial charge on any atom is 0.261 e. The van der Waals surface area contributed by atoms with Crippen molar-refractivity contribution in [3.8, 4) is 11.8 Å². The van der Waals surface area contributed by atoms with E-state index in [0.29, 0.717) is 44.3 Å². The van der Waals surface area contributed by atoms with Gasteiger partial charge in [-0.3, -0.25) is 29.0 Å². The lowest BCUT2D eigenvalue weighted by molar-refractivity contribution is 0.0423. The van der Waals surface area contributed by atoms with Crippen molar-refractivity contribution >= 4 is 72.4 Å². The van der Waals surface area contributed by atoms with E-state index in [-0.39, 0.29) is 59.4 Å². The van der Waals surface area contributed by atoms with Crippen LogP contribution in [0.25, 0.3) is 43.1 Å². The summed E-state index contributed by atoms with van der Waals surface area (Å²) in [5.41, 5.74) is 9.87. The summed E-state index contributed by atoms with van der Waals surface area (Å²) in [4.78, 5) is 60.7. The lowest BCUT2D eigenvalue weighted by Crippen LogP contribution is -2.51. The first-order valence-corrected chi connectivity index (χ1v) is 18.6. The number of fused-ring (bicyclic) bond motifs is 2. The third kappa shape index (κ3) is 4.88. The van der Waals surface area contributed by atoms with Crippen molar-refractivity contribution in [3.05, 3.63) is 100 Å². The average Bonchev–Trinajstić information content (AvgIpc) is 3.11. The van der Waals surface area contributed by atoms with Crippen molar-refractivity contribution in [2.45, 2.75) is 67.5 Å². The molecule has 4 amide bonds. The monoisotopic (exact) mass is 701 g/mol. The molecule has 0 spiro atoms. The predicted octanol–water partition coefficient (Wildman–Crippen LogP) is 9.27. The summed E-state index contributed by atoms with van der Waals surface area (Å²) in [7, 11) is 0. The molecular formula is C46H43N3O4. The fourth-order valence-electron chi connectivity index (χ4n) is 9.48. The van der Waals surface area contributed by atoms with Gasteiger partial charge in [0.15, 0.2) is 0 Å². The predicted molar refractivity (Wildman–Crippen MR) is 212 cm³/mol. The number of carbonyl (C=O) groups is 4. The molecule has 0 radical (unpaired) electrons. The minimum atomic E-state index is -0.327. The number of anilines is 1. The van der Waals surface area contributed by atoms with Gasteiger partial charge in [0.2, 0.25) is 0 Å². The molecule has 7 heteroatoms. The molecule has 8 rings (SSSR count). The third-order valence-corrected chi connectivity index (χ3v) is 11.4. The highest BCUT2D eigenvalue weighted by Gasteiger charge is 2.43. The Morgan fingerprint density at radius 2 is 0.868 bits per heavy atom. The third-order valence-electron chi connectivity index (χ3n) is 11.4. The number of carbonyl (C=O) groups excluding carboxylic acids is 4. The molecule has 0 aromatic heterocycles. The molecule has 53 heavy (non-hydrogen) atoms. The van der Waals surface area contributed by atoms with E-state index < -0.39 is 0 Å². The van der Waals surface area contributed by atoms with Crippen molar-refractivity contribution in [3.63, 3.8) is 0 Å². The Bertz CT molecular complexity index is 2600. The molecule has 2 heterocycles. The van der Waals surface area contributed by atoms with Crippen LogP contribution in [0, 0.1) is 35.5 Å². The van der Waals surface area contributed by atoms with Crippen LogP contribution in [0.3, 0.4) is 0 Å². The highest BCUT2D eigenvalue weighted by atomic mass is 16.2. The maximum atomic E-state index is 14.6. The molecule has 266 valence electrons. The molecule has 6 aromatic carbocycles. The van der Waals surface area contributed by atoms with Crippen LogP contribution < -0.4 is 5.73 Å². The first-order valence-electron chi connectivity index (χ1n) is 18.6. The zero-order valence-corrected chi connectivity index (χ0v) is 31.4. The van der Waals surface area contributed by atoms with Crippen LogP contribution in [0.15, 0.2) is 66.7 Å². The summed E-state index contributed by atoms with van der Waals surface area (Å²) in [6.45, 7) is 16.3. The fourth-order valence-corrected chi connectivity index (χ4v) is 9.48. The van der Waals surface area contributed by atoms with Gasteiger partial charge in [-0.05, 0) is 93.7 Å². The molecule has 0 atom stereocenters. The molecule has 2 N–H and O–H groups in total. The summed E-state index contributed by atoms with van der Waals surface area (Å²) in [5, 5.41) is 6.08. The largest absolute Gasteiger partial charge is 0.399 e. The van der Waals surface area contributed by atoms with Gasteiger partial charge in [-0.2, -0.15) is 0 Å². The van der Waals surface area contributed by atoms with Crippen molar-refractivity contribution in [1.82, 2.24) is 9.80 Å². The Labute approximate surface area is 309 Å². The molecule has 2 aliphatic rings. The van der Waals surface area contributed by atoms with Crippen LogP contribution in [-0.4, -0.2) is 45.5 Å². The van der Waals surface area contributed by atoms with Gasteiger partial charge in [-0.25, -0.2) is 0 Å². The number of benzene rings is 6. The van der Waals surface area contributed by atoms with E-state index >= 15 is 0 Å². The van der Waals surface area contributed by atoms with Gasteiger partial charge in [0, 0.05) is 72.7 Å². The first-order chi connectivity index (χ1) is 25.2. The highest BCUT2D eigenvalue weighted by Crippen LogP contribution is 2.48. The highest BCUT2D eigenvalue weighted by molar-refractivity contribution is 6.42. The summed E-state index contributed by atoms with van der Waals surface area (Å²) in [6.07, 6.45) is 0. The van der Waals surface area contributed by atoms with E-state index in [4.69, 9.17) is 5.73 Å². The van der Waals surface area contributed by atoms with Crippen molar-refractivity contribution in [2.24, 2.45) is 23.7 Å². The van der Waals surface area contributed by atoms with Crippen molar-refractivity contribution in [2.75, 3.05) is 5.73 Å². The zero-order chi connectivity index (χ0) is 37.8. The van der Waals surface area contributed by atoms with E-state index in [1.165, 1.54) is 9.80 Å². The number of nitrogens with zero attached hydrogens (tertiary/aromatic N) is 2. The van der Waals surface area contributed by atoms with Crippen LogP contribution >= 0.6 is 0 Å². The van der Waals surface area contributed by atoms with Crippen LogP contribution in [0.4, 0.5) is 5.69 Å². The lowest BCUT2D eigenvalue weighted by atomic mass is 9.79. The lowest BCUT2D eigenvalue weighted by Gasteiger charge is -2.39. The molecule has 0 fully saturated rings. The van der Waals surface area contributed by atoms with Gasteiger partial charge in [-0.1, -0.05) is 85.4 Å². The topological polar surface area (TPSA) is 101 Å². The smallest absolute Gasteiger partial charge is 0.261 e. The Morgan fingerprint density at radius 3 is 1.34 bits per heavy atom. The minimum Gasteiger partial charge on any atom is -0.399 e. The summed E-state index contributed by atoms with van der Waals surface area (Å²) in [6, 6.07) is 19.9. The molecule has 0 saturated carbocycles. The molecule has 0 aliphatic carbocycles. The van der Waals surface area contributed by atoms with E-state index in [1.54, 1.807) is 12.1 Å². The normalized spacial score (nSPS) is 14.7. The molecule has 0 unspecified atom stereocenters. The molecule has 0 bridgehead atoms. The average molecular weight is 702 g/mol. The fraction of sp³-hybridized carbons (Fsp3) is 0.304. The van der Waals surface area contributed by atoms with Crippen LogP contribution in [0.1, 0.15) is 108 Å². The zero-order valence-electron chi connectivity index (χ0n) is 31.4.